The van der Waals surface area contributed by atoms with Crippen molar-refractivity contribution in [3.63, 3.8) is 0 Å². The molecule has 22 heavy (non-hydrogen) atoms. The maximum Gasteiger partial charge on any atom is 0.340 e. The van der Waals surface area contributed by atoms with Gasteiger partial charge in [-0.2, -0.15) is 0 Å². The molecule has 0 aliphatic rings. The van der Waals surface area contributed by atoms with Crippen LogP contribution in [0.3, 0.4) is 0 Å². The van der Waals surface area contributed by atoms with Crippen molar-refractivity contribution in [2.45, 2.75) is 18.1 Å². The minimum atomic E-state index is -0.463. The average molecular weight is 321 g/mol. The molecule has 1 unspecified atom stereocenters. The van der Waals surface area contributed by atoms with Gasteiger partial charge in [0.15, 0.2) is 0 Å². The van der Waals surface area contributed by atoms with Gasteiger partial charge >= 0.3 is 5.97 Å². The van der Waals surface area contributed by atoms with E-state index in [9.17, 15) is 9.18 Å². The minimum absolute atomic E-state index is 0.144. The lowest BCUT2D eigenvalue weighted by molar-refractivity contribution is 0.0227. The zero-order chi connectivity index (χ0) is 15.9. The Morgan fingerprint density at radius 2 is 2.18 bits per heavy atom. The van der Waals surface area contributed by atoms with E-state index in [1.54, 1.807) is 31.2 Å². The Morgan fingerprint density at radius 3 is 2.82 bits per heavy atom. The van der Waals surface area contributed by atoms with E-state index in [2.05, 4.69) is 4.98 Å². The van der Waals surface area contributed by atoms with Crippen molar-refractivity contribution in [3.8, 4) is 5.75 Å². The van der Waals surface area contributed by atoms with E-state index in [4.69, 9.17) is 9.47 Å². The van der Waals surface area contributed by atoms with Crippen LogP contribution in [-0.4, -0.2) is 29.9 Å². The zero-order valence-corrected chi connectivity index (χ0v) is 13.1. The Morgan fingerprint density at radius 1 is 1.36 bits per heavy atom. The predicted molar refractivity (Wildman–Crippen MR) is 82.8 cm³/mol. The van der Waals surface area contributed by atoms with Crippen molar-refractivity contribution in [2.24, 2.45) is 0 Å². The molecule has 1 heterocycles. The summed E-state index contributed by atoms with van der Waals surface area (Å²) in [7, 11) is 0. The van der Waals surface area contributed by atoms with Crippen molar-refractivity contribution in [1.29, 1.82) is 0 Å². The van der Waals surface area contributed by atoms with E-state index in [1.807, 2.05) is 6.26 Å². The van der Waals surface area contributed by atoms with Gasteiger partial charge in [0, 0.05) is 12.3 Å². The van der Waals surface area contributed by atoms with Crippen molar-refractivity contribution >= 4 is 17.7 Å². The lowest BCUT2D eigenvalue weighted by Crippen LogP contribution is -2.22. The fourth-order valence-corrected chi connectivity index (χ4v) is 2.04. The van der Waals surface area contributed by atoms with E-state index in [0.717, 1.165) is 5.03 Å². The van der Waals surface area contributed by atoms with Crippen LogP contribution < -0.4 is 4.74 Å². The van der Waals surface area contributed by atoms with Gasteiger partial charge in [-0.1, -0.05) is 6.07 Å². The molecule has 6 heteroatoms. The first-order chi connectivity index (χ1) is 10.6. The van der Waals surface area contributed by atoms with Crippen LogP contribution in [0.4, 0.5) is 4.39 Å². The number of esters is 1. The Kier molecular flexibility index (Phi) is 5.77. The summed E-state index contributed by atoms with van der Waals surface area (Å²) in [5.41, 5.74) is 0.385. The fourth-order valence-electron chi connectivity index (χ4n) is 1.68. The van der Waals surface area contributed by atoms with Crippen LogP contribution in [0.5, 0.6) is 5.75 Å². The third kappa shape index (κ3) is 4.73. The van der Waals surface area contributed by atoms with Crippen molar-refractivity contribution in [1.82, 2.24) is 4.98 Å². The van der Waals surface area contributed by atoms with Crippen LogP contribution in [-0.2, 0) is 4.74 Å². The smallest absolute Gasteiger partial charge is 0.340 e. The third-order valence-corrected chi connectivity index (χ3v) is 3.43. The number of aromatic nitrogens is 1. The molecule has 1 aromatic carbocycles. The number of hydrogen-bond acceptors (Lipinski definition) is 5. The molecule has 0 amide bonds. The van der Waals surface area contributed by atoms with E-state index in [1.165, 1.54) is 30.1 Å². The predicted octanol–water partition coefficient (Wildman–Crippen LogP) is 3.57. The second-order valence-electron chi connectivity index (χ2n) is 4.57. The molecule has 0 bridgehead atoms. The summed E-state index contributed by atoms with van der Waals surface area (Å²) in [6.07, 6.45) is 2.93. The molecule has 0 aliphatic heterocycles. The highest BCUT2D eigenvalue weighted by Gasteiger charge is 2.13. The molecule has 116 valence electrons. The number of thioether (sulfide) groups is 1. The van der Waals surface area contributed by atoms with Gasteiger partial charge < -0.3 is 9.47 Å². The SMILES string of the molecule is CSc1ccc(C(=O)OC(C)COc2cccc(F)c2)cn1. The van der Waals surface area contributed by atoms with Gasteiger partial charge in [0.05, 0.1) is 10.6 Å². The number of benzene rings is 1. The van der Waals surface area contributed by atoms with E-state index in [-0.39, 0.29) is 12.4 Å². The summed E-state index contributed by atoms with van der Waals surface area (Å²) in [5.74, 6) is -0.438. The molecule has 0 saturated carbocycles. The van der Waals surface area contributed by atoms with Gasteiger partial charge in [-0.25, -0.2) is 14.2 Å². The highest BCUT2D eigenvalue weighted by molar-refractivity contribution is 7.98. The normalized spacial score (nSPS) is 11.8. The fraction of sp³-hybridized carbons (Fsp3) is 0.250. The van der Waals surface area contributed by atoms with Gasteiger partial charge in [0.2, 0.25) is 0 Å². The molecule has 0 saturated heterocycles. The molecule has 1 atom stereocenters. The number of rotatable bonds is 6. The summed E-state index contributed by atoms with van der Waals surface area (Å²) in [6, 6.07) is 9.24. The Labute approximate surface area is 132 Å². The monoisotopic (exact) mass is 321 g/mol. The molecule has 4 nitrogen and oxygen atoms in total. The quantitative estimate of drug-likeness (QED) is 0.601. The number of hydrogen-bond donors (Lipinski definition) is 0. The third-order valence-electron chi connectivity index (χ3n) is 2.77. The summed E-state index contributed by atoms with van der Waals surface area (Å²) in [6.45, 7) is 1.85. The van der Waals surface area contributed by atoms with Crippen LogP contribution in [0.25, 0.3) is 0 Å². The van der Waals surface area contributed by atoms with Gasteiger partial charge in [0.1, 0.15) is 24.3 Å². The van der Waals surface area contributed by atoms with Crippen LogP contribution in [0, 0.1) is 5.82 Å². The highest BCUT2D eigenvalue weighted by Crippen LogP contribution is 2.14. The second kappa shape index (κ2) is 7.79. The number of nitrogens with zero attached hydrogens (tertiary/aromatic N) is 1. The van der Waals surface area contributed by atoms with Crippen molar-refractivity contribution in [3.05, 3.63) is 54.0 Å². The van der Waals surface area contributed by atoms with Crippen LogP contribution in [0.1, 0.15) is 17.3 Å². The molecule has 0 spiro atoms. The van der Waals surface area contributed by atoms with Gasteiger partial charge in [-0.15, -0.1) is 11.8 Å². The average Bonchev–Trinajstić information content (AvgIpc) is 2.53. The van der Waals surface area contributed by atoms with Gasteiger partial charge in [0.25, 0.3) is 0 Å². The topological polar surface area (TPSA) is 48.4 Å². The molecular weight excluding hydrogens is 305 g/mol. The number of halogens is 1. The van der Waals surface area contributed by atoms with Crippen molar-refractivity contribution < 1.29 is 18.7 Å². The van der Waals surface area contributed by atoms with Crippen LogP contribution in [0.2, 0.25) is 0 Å². The summed E-state index contributed by atoms with van der Waals surface area (Å²) >= 11 is 1.50. The number of pyridine rings is 1. The maximum absolute atomic E-state index is 13.0. The summed E-state index contributed by atoms with van der Waals surface area (Å²) < 4.78 is 23.7. The molecule has 0 radical (unpaired) electrons. The maximum atomic E-state index is 13.0. The second-order valence-corrected chi connectivity index (χ2v) is 5.40. The molecule has 0 fully saturated rings. The van der Waals surface area contributed by atoms with E-state index < -0.39 is 12.1 Å². The molecule has 0 aliphatic carbocycles. The first kappa shape index (κ1) is 16.3. The highest BCUT2D eigenvalue weighted by atomic mass is 32.2. The molecule has 0 N–H and O–H groups in total. The minimum Gasteiger partial charge on any atom is -0.490 e. The lowest BCUT2D eigenvalue weighted by Gasteiger charge is -2.14. The van der Waals surface area contributed by atoms with Crippen molar-refractivity contribution in [2.75, 3.05) is 12.9 Å². The first-order valence-electron chi connectivity index (χ1n) is 6.68. The molecule has 2 rings (SSSR count). The largest absolute Gasteiger partial charge is 0.490 e. The number of carbonyl (C=O) groups is 1. The lowest BCUT2D eigenvalue weighted by atomic mass is 10.3. The Bertz CT molecular complexity index is 634. The summed E-state index contributed by atoms with van der Waals surface area (Å²) in [4.78, 5) is 16.1. The number of carbonyl (C=O) groups excluding carboxylic acids is 1. The number of ether oxygens (including phenoxy) is 2. The molecular formula is C16H16FNO3S. The zero-order valence-electron chi connectivity index (χ0n) is 12.3. The van der Waals surface area contributed by atoms with Crippen LogP contribution in [0.15, 0.2) is 47.6 Å². The standard InChI is InChI=1S/C16H16FNO3S/c1-11(10-20-14-5-3-4-13(17)8-14)21-16(19)12-6-7-15(22-2)18-9-12/h3-9,11H,10H2,1-2H3. The van der Waals surface area contributed by atoms with Crippen LogP contribution >= 0.6 is 11.8 Å². The Hall–Kier alpha value is -2.08. The van der Waals surface area contributed by atoms with E-state index >= 15 is 0 Å². The Balaban J connectivity index is 1.85. The molecule has 1 aromatic heterocycles. The van der Waals surface area contributed by atoms with Gasteiger partial charge in [-0.3, -0.25) is 0 Å². The van der Waals surface area contributed by atoms with E-state index in [0.29, 0.717) is 11.3 Å². The summed E-state index contributed by atoms with van der Waals surface area (Å²) in [5, 5.41) is 0.832. The molecule has 2 aromatic rings. The first-order valence-corrected chi connectivity index (χ1v) is 7.90. The van der Waals surface area contributed by atoms with Gasteiger partial charge in [-0.05, 0) is 37.4 Å².